The molecule has 0 radical (unpaired) electrons. The lowest BCUT2D eigenvalue weighted by Gasteiger charge is -2.35. The van der Waals surface area contributed by atoms with Crippen molar-refractivity contribution in [2.24, 2.45) is 0 Å². The molecule has 0 atom stereocenters. The van der Waals surface area contributed by atoms with Gasteiger partial charge in [-0.3, -0.25) is 4.90 Å². The molecule has 1 saturated heterocycles. The summed E-state index contributed by atoms with van der Waals surface area (Å²) in [4.78, 5) is 33.4. The molecule has 1 fully saturated rings. The van der Waals surface area contributed by atoms with E-state index in [-0.39, 0.29) is 12.6 Å². The van der Waals surface area contributed by atoms with Gasteiger partial charge in [-0.1, -0.05) is 11.2 Å². The summed E-state index contributed by atoms with van der Waals surface area (Å²) < 4.78 is 16.4. The summed E-state index contributed by atoms with van der Waals surface area (Å²) in [5.74, 6) is 3.48. The molecule has 2 aliphatic heterocycles. The Morgan fingerprint density at radius 3 is 2.50 bits per heavy atom. The van der Waals surface area contributed by atoms with Crippen molar-refractivity contribution in [2.75, 3.05) is 49.5 Å². The molecule has 1 N–H and O–H groups in total. The minimum absolute atomic E-state index is 0.249. The monoisotopic (exact) mass is 570 g/mol. The van der Waals surface area contributed by atoms with Gasteiger partial charge in [-0.05, 0) is 82.6 Å². The summed E-state index contributed by atoms with van der Waals surface area (Å²) in [7, 11) is 5.39. The third-order valence-electron chi connectivity index (χ3n) is 7.92. The number of rotatable bonds is 7. The van der Waals surface area contributed by atoms with Crippen LogP contribution in [0.2, 0.25) is 0 Å². The number of piperidine rings is 1. The fourth-order valence-electron chi connectivity index (χ4n) is 5.61. The van der Waals surface area contributed by atoms with Crippen LogP contribution >= 0.6 is 0 Å². The highest BCUT2D eigenvalue weighted by Gasteiger charge is 2.37. The van der Waals surface area contributed by atoms with Crippen LogP contribution in [-0.4, -0.2) is 65.4 Å². The van der Waals surface area contributed by atoms with Crippen LogP contribution in [0, 0.1) is 13.8 Å². The Labute approximate surface area is 244 Å². The number of hydrogen-bond donors (Lipinski definition) is 1. The molecular formula is C30H34N8O4. The smallest absolute Gasteiger partial charge is 0.336 e. The molecule has 0 saturated carbocycles. The number of ether oxygens (including phenoxy) is 2. The van der Waals surface area contributed by atoms with Gasteiger partial charge < -0.3 is 24.2 Å². The third-order valence-corrected chi connectivity index (χ3v) is 7.92. The molecule has 0 spiro atoms. The highest BCUT2D eigenvalue weighted by Crippen LogP contribution is 2.39. The van der Waals surface area contributed by atoms with Gasteiger partial charge in [0.1, 0.15) is 28.7 Å². The number of carbonyl (C=O) groups is 1. The molecule has 12 heteroatoms. The molecule has 1 aromatic carbocycles. The molecular weight excluding hydrogens is 536 g/mol. The molecule has 2 aliphatic rings. The Kier molecular flexibility index (Phi) is 7.38. The van der Waals surface area contributed by atoms with E-state index in [1.165, 1.54) is 10.5 Å². The van der Waals surface area contributed by atoms with E-state index in [1.807, 2.05) is 6.07 Å². The zero-order valence-electron chi connectivity index (χ0n) is 24.4. The Bertz CT molecular complexity index is 1580. The number of likely N-dealkylation sites (tertiary alicyclic amines) is 1. The normalized spacial score (nSPS) is 16.0. The van der Waals surface area contributed by atoms with E-state index >= 15 is 0 Å². The fourth-order valence-corrected chi connectivity index (χ4v) is 5.61. The molecule has 218 valence electrons. The number of urea groups is 1. The quantitative estimate of drug-likeness (QED) is 0.312. The van der Waals surface area contributed by atoms with Crippen molar-refractivity contribution >= 4 is 35.0 Å². The summed E-state index contributed by atoms with van der Waals surface area (Å²) >= 11 is 0. The van der Waals surface area contributed by atoms with E-state index in [0.717, 1.165) is 37.2 Å². The average Bonchev–Trinajstić information content (AvgIpc) is 3.34. The first-order chi connectivity index (χ1) is 20.4. The first kappa shape index (κ1) is 27.5. The number of pyridine rings is 1. The Morgan fingerprint density at radius 2 is 1.83 bits per heavy atom. The lowest BCUT2D eigenvalue weighted by molar-refractivity contribution is 0.252. The second-order valence-corrected chi connectivity index (χ2v) is 10.6. The summed E-state index contributed by atoms with van der Waals surface area (Å²) in [6.45, 7) is 6.00. The molecule has 42 heavy (non-hydrogen) atoms. The second kappa shape index (κ2) is 11.3. The van der Waals surface area contributed by atoms with E-state index in [1.54, 1.807) is 57.5 Å². The van der Waals surface area contributed by atoms with Crippen LogP contribution in [0.5, 0.6) is 11.5 Å². The van der Waals surface area contributed by atoms with E-state index in [2.05, 4.69) is 44.5 Å². The maximum Gasteiger partial charge on any atom is 0.336 e. The zero-order chi connectivity index (χ0) is 29.4. The largest absolute Gasteiger partial charge is 0.495 e. The summed E-state index contributed by atoms with van der Waals surface area (Å²) in [5, 5.41) is 7.34. The molecule has 0 aliphatic carbocycles. The molecule has 3 aromatic heterocycles. The second-order valence-electron chi connectivity index (χ2n) is 10.6. The van der Waals surface area contributed by atoms with E-state index < -0.39 is 0 Å². The lowest BCUT2D eigenvalue weighted by atomic mass is 9.89. The van der Waals surface area contributed by atoms with E-state index in [4.69, 9.17) is 19.0 Å². The van der Waals surface area contributed by atoms with Crippen LogP contribution < -0.4 is 24.6 Å². The number of anilines is 5. The topological polar surface area (TPSA) is 122 Å². The number of methoxy groups -OCH3 is 2. The number of benzene rings is 1. The van der Waals surface area contributed by atoms with Crippen LogP contribution in [-0.2, 0) is 6.54 Å². The first-order valence-corrected chi connectivity index (χ1v) is 13.9. The molecule has 5 heterocycles. The van der Waals surface area contributed by atoms with Gasteiger partial charge in [0.15, 0.2) is 11.6 Å². The van der Waals surface area contributed by atoms with Gasteiger partial charge >= 0.3 is 6.03 Å². The number of aryl methyl sites for hydroxylation is 2. The molecule has 0 unspecified atom stereocenters. The predicted octanol–water partition coefficient (Wildman–Crippen LogP) is 5.32. The number of nitrogens with zero attached hydrogens (tertiary/aromatic N) is 7. The van der Waals surface area contributed by atoms with Gasteiger partial charge in [0, 0.05) is 11.8 Å². The van der Waals surface area contributed by atoms with Crippen molar-refractivity contribution in [2.45, 2.75) is 39.2 Å². The number of fused-ring (bicyclic) bond motifs is 1. The van der Waals surface area contributed by atoms with Crippen molar-refractivity contribution in [3.05, 3.63) is 65.3 Å². The van der Waals surface area contributed by atoms with Gasteiger partial charge in [-0.15, -0.1) is 0 Å². The lowest BCUT2D eigenvalue weighted by Crippen LogP contribution is -2.46. The third kappa shape index (κ3) is 5.09. The standard InChI is InChI=1S/C30H34N8O4/c1-18-27(19(2)42-35-18)37-17-22-15-32-29(34-28(22)38(30(37)39)26-9-7-23(40-4)16-31-26)33-24-8-6-21(14-25(24)41-5)20-10-12-36(3)13-11-20/h6-9,14-16,20H,10-13,17H2,1-5H3,(H,32,33,34). The summed E-state index contributed by atoms with van der Waals surface area (Å²) in [6.07, 6.45) is 5.52. The Hall–Kier alpha value is -4.71. The molecule has 12 nitrogen and oxygen atoms in total. The summed E-state index contributed by atoms with van der Waals surface area (Å²) in [6, 6.07) is 9.37. The highest BCUT2D eigenvalue weighted by atomic mass is 16.5. The molecule has 4 aromatic rings. The average molecular weight is 571 g/mol. The zero-order valence-corrected chi connectivity index (χ0v) is 24.4. The van der Waals surface area contributed by atoms with Crippen molar-refractivity contribution in [3.8, 4) is 11.5 Å². The van der Waals surface area contributed by atoms with Gasteiger partial charge in [-0.25, -0.2) is 19.7 Å². The number of hydrogen-bond acceptors (Lipinski definition) is 10. The number of nitrogens with one attached hydrogen (secondary N) is 1. The molecule has 2 amide bonds. The van der Waals surface area contributed by atoms with Crippen molar-refractivity contribution in [3.63, 3.8) is 0 Å². The minimum Gasteiger partial charge on any atom is -0.495 e. The van der Waals surface area contributed by atoms with Crippen LogP contribution in [0.15, 0.2) is 47.2 Å². The minimum atomic E-state index is -0.334. The maximum atomic E-state index is 14.0. The first-order valence-electron chi connectivity index (χ1n) is 13.9. The Balaban J connectivity index is 1.35. The Morgan fingerprint density at radius 1 is 1.02 bits per heavy atom. The maximum absolute atomic E-state index is 14.0. The highest BCUT2D eigenvalue weighted by molar-refractivity contribution is 6.10. The predicted molar refractivity (Wildman–Crippen MR) is 158 cm³/mol. The van der Waals surface area contributed by atoms with Gasteiger partial charge in [0.25, 0.3) is 0 Å². The number of aromatic nitrogens is 4. The van der Waals surface area contributed by atoms with Gasteiger partial charge in [0.2, 0.25) is 5.95 Å². The molecule has 6 rings (SSSR count). The van der Waals surface area contributed by atoms with E-state index in [0.29, 0.717) is 52.1 Å². The van der Waals surface area contributed by atoms with Gasteiger partial charge in [-0.2, -0.15) is 4.98 Å². The van der Waals surface area contributed by atoms with Crippen molar-refractivity contribution in [1.82, 2.24) is 25.0 Å². The van der Waals surface area contributed by atoms with Crippen molar-refractivity contribution in [1.29, 1.82) is 0 Å². The SMILES string of the molecule is COc1ccc(N2C(=O)N(c3c(C)noc3C)Cc3cnc(Nc4ccc(C5CCN(C)CC5)cc4OC)nc32)nc1. The van der Waals surface area contributed by atoms with E-state index in [9.17, 15) is 4.79 Å². The van der Waals surface area contributed by atoms with Crippen LogP contribution in [0.1, 0.15) is 41.3 Å². The fraction of sp³-hybridized carbons (Fsp3) is 0.367. The summed E-state index contributed by atoms with van der Waals surface area (Å²) in [5.41, 5.74) is 3.96. The van der Waals surface area contributed by atoms with Crippen LogP contribution in [0.25, 0.3) is 0 Å². The van der Waals surface area contributed by atoms with Crippen LogP contribution in [0.3, 0.4) is 0 Å². The van der Waals surface area contributed by atoms with Crippen LogP contribution in [0.4, 0.5) is 33.8 Å². The molecule has 0 bridgehead atoms. The number of amides is 2. The van der Waals surface area contributed by atoms with Crippen molar-refractivity contribution < 1.29 is 18.8 Å². The number of carbonyl (C=O) groups excluding carboxylic acids is 1. The van der Waals surface area contributed by atoms with Gasteiger partial charge in [0.05, 0.1) is 32.6 Å².